The Hall–Kier alpha value is -4.11. The fourth-order valence-electron chi connectivity index (χ4n) is 6.38. The maximum atomic E-state index is 13.6. The molecule has 0 saturated heterocycles. The Bertz CT molecular complexity index is 1680. The first-order valence-electron chi connectivity index (χ1n) is 17.0. The molecule has 0 spiro atoms. The summed E-state index contributed by atoms with van der Waals surface area (Å²) >= 11 is 0. The highest BCUT2D eigenvalue weighted by atomic mass is 19.4. The largest absolute Gasteiger partial charge is 0.416 e. The Labute approximate surface area is 289 Å². The molecule has 1 atom stereocenters. The van der Waals surface area contributed by atoms with Gasteiger partial charge in [-0.1, -0.05) is 82.7 Å². The lowest BCUT2D eigenvalue weighted by molar-refractivity contribution is -0.137. The summed E-state index contributed by atoms with van der Waals surface area (Å²) < 4.78 is 41.3. The SMILES string of the molecule is CCC(C)=C/C=C(\NC)C(=O)N1Cc2c(C(C)=O)c(CC)n(Cc3ccc(C(F)(F)F)cc3)c2C(C)(C)C1.CCc1cccc(C(C)O)c1. The molecule has 0 aliphatic carbocycles. The molecule has 0 bridgehead atoms. The predicted molar refractivity (Wildman–Crippen MR) is 190 cm³/mol. The first-order valence-corrected chi connectivity index (χ1v) is 17.0. The molecule has 2 aromatic carbocycles. The summed E-state index contributed by atoms with van der Waals surface area (Å²) in [6, 6.07) is 13.2. The van der Waals surface area contributed by atoms with Crippen LogP contribution in [0.2, 0.25) is 0 Å². The number of rotatable bonds is 10. The van der Waals surface area contributed by atoms with Crippen molar-refractivity contribution in [3.63, 3.8) is 0 Å². The second-order valence-corrected chi connectivity index (χ2v) is 13.4. The molecular formula is C40H52F3N3O3. The van der Waals surface area contributed by atoms with Gasteiger partial charge in [0, 0.05) is 54.6 Å². The van der Waals surface area contributed by atoms with Crippen LogP contribution in [0, 0.1) is 0 Å². The summed E-state index contributed by atoms with van der Waals surface area (Å²) in [7, 11) is 1.72. The standard InChI is InChI=1S/C30H38F3N3O2.C10H14O/c1-8-19(3)10-15-24(34-7)28(38)35-17-23-26(20(4)37)25(9-2)36(27(23)29(5,6)18-35)16-21-11-13-22(14-12-21)30(31,32)33;1-3-9-5-4-6-10(7-9)8(2)11/h10-15,34H,8-9,16-18H2,1-7H3;4-8,11H,3H2,1-2H3/b19-10?,24-15-;. The number of Topliss-reactive ketones (excluding diaryl/α,β-unsaturated/α-hetero) is 1. The first kappa shape index (κ1) is 39.3. The predicted octanol–water partition coefficient (Wildman–Crippen LogP) is 8.70. The van der Waals surface area contributed by atoms with Crippen molar-refractivity contribution in [2.75, 3.05) is 13.6 Å². The monoisotopic (exact) mass is 679 g/mol. The van der Waals surface area contributed by atoms with Crippen LogP contribution in [0.25, 0.3) is 0 Å². The van der Waals surface area contributed by atoms with E-state index in [4.69, 9.17) is 0 Å². The van der Waals surface area contributed by atoms with Crippen molar-refractivity contribution in [1.29, 1.82) is 0 Å². The lowest BCUT2D eigenvalue weighted by Gasteiger charge is -2.40. The molecule has 4 rings (SSSR count). The van der Waals surface area contributed by atoms with Gasteiger partial charge in [0.2, 0.25) is 0 Å². The number of ketones is 1. The molecule has 6 nitrogen and oxygen atoms in total. The maximum Gasteiger partial charge on any atom is 0.416 e. The fourth-order valence-corrected chi connectivity index (χ4v) is 6.38. The zero-order valence-corrected chi connectivity index (χ0v) is 30.4. The van der Waals surface area contributed by atoms with Crippen LogP contribution in [-0.4, -0.2) is 39.9 Å². The smallest absolute Gasteiger partial charge is 0.389 e. The third-order valence-electron chi connectivity index (χ3n) is 9.08. The second kappa shape index (κ2) is 16.5. The van der Waals surface area contributed by atoms with Crippen LogP contribution in [-0.2, 0) is 42.3 Å². The van der Waals surface area contributed by atoms with Gasteiger partial charge in [0.15, 0.2) is 5.78 Å². The number of benzene rings is 2. The van der Waals surface area contributed by atoms with Crippen molar-refractivity contribution in [2.45, 2.75) is 105 Å². The number of allylic oxidation sites excluding steroid dienone is 3. The molecule has 0 radical (unpaired) electrons. The number of nitrogens with one attached hydrogen (secondary N) is 1. The number of carbonyl (C=O) groups is 2. The van der Waals surface area contributed by atoms with Crippen LogP contribution >= 0.6 is 0 Å². The molecule has 266 valence electrons. The number of hydrogen-bond donors (Lipinski definition) is 2. The lowest BCUT2D eigenvalue weighted by Crippen LogP contribution is -2.47. The molecule has 0 fully saturated rings. The molecule has 49 heavy (non-hydrogen) atoms. The first-order chi connectivity index (χ1) is 23.0. The number of carbonyl (C=O) groups excluding carboxylic acids is 2. The van der Waals surface area contributed by atoms with Gasteiger partial charge in [0.1, 0.15) is 0 Å². The van der Waals surface area contributed by atoms with Crippen molar-refractivity contribution in [3.8, 4) is 0 Å². The number of aliphatic hydroxyl groups excluding tert-OH is 1. The highest BCUT2D eigenvalue weighted by Crippen LogP contribution is 2.40. The van der Waals surface area contributed by atoms with E-state index in [1.165, 1.54) is 24.6 Å². The van der Waals surface area contributed by atoms with Crippen molar-refractivity contribution in [3.05, 3.63) is 117 Å². The molecule has 1 aliphatic heterocycles. The van der Waals surface area contributed by atoms with Crippen LogP contribution < -0.4 is 5.32 Å². The minimum Gasteiger partial charge on any atom is -0.389 e. The van der Waals surface area contributed by atoms with Crippen molar-refractivity contribution >= 4 is 11.7 Å². The quantitative estimate of drug-likeness (QED) is 0.128. The zero-order valence-electron chi connectivity index (χ0n) is 30.4. The Balaban J connectivity index is 0.000000501. The van der Waals surface area contributed by atoms with Gasteiger partial charge in [-0.25, -0.2) is 0 Å². The molecule has 9 heteroatoms. The van der Waals surface area contributed by atoms with Gasteiger partial charge in [-0.2, -0.15) is 13.2 Å². The van der Waals surface area contributed by atoms with Crippen LogP contribution in [0.4, 0.5) is 13.2 Å². The van der Waals surface area contributed by atoms with E-state index >= 15 is 0 Å². The van der Waals surface area contributed by atoms with Crippen LogP contribution in [0.5, 0.6) is 0 Å². The summed E-state index contributed by atoms with van der Waals surface area (Å²) in [5, 5.41) is 12.3. The topological polar surface area (TPSA) is 74.6 Å². The number of alkyl halides is 3. The summed E-state index contributed by atoms with van der Waals surface area (Å²) in [6.07, 6.45) is 1.47. The molecule has 1 amide bonds. The molecule has 1 aliphatic rings. The second-order valence-electron chi connectivity index (χ2n) is 13.4. The number of aliphatic hydroxyl groups is 1. The third-order valence-corrected chi connectivity index (χ3v) is 9.08. The van der Waals surface area contributed by atoms with Gasteiger partial charge < -0.3 is 19.9 Å². The van der Waals surface area contributed by atoms with Crippen molar-refractivity contribution < 1.29 is 27.9 Å². The summed E-state index contributed by atoms with van der Waals surface area (Å²) in [5.41, 5.74) is 6.67. The number of hydrogen-bond acceptors (Lipinski definition) is 4. The Morgan fingerprint density at radius 3 is 2.16 bits per heavy atom. The van der Waals surface area contributed by atoms with Crippen molar-refractivity contribution in [1.82, 2.24) is 14.8 Å². The molecular weight excluding hydrogens is 627 g/mol. The number of nitrogens with zero attached hydrogens (tertiary/aromatic N) is 2. The van der Waals surface area contributed by atoms with E-state index in [0.29, 0.717) is 36.3 Å². The Morgan fingerprint density at radius 1 is 1.00 bits per heavy atom. The summed E-state index contributed by atoms with van der Waals surface area (Å²) in [5.74, 6) is -0.227. The van der Waals surface area contributed by atoms with Gasteiger partial charge >= 0.3 is 6.18 Å². The van der Waals surface area contributed by atoms with Gasteiger partial charge in [-0.15, -0.1) is 0 Å². The van der Waals surface area contributed by atoms with E-state index in [2.05, 4.69) is 29.8 Å². The van der Waals surface area contributed by atoms with E-state index in [0.717, 1.165) is 53.1 Å². The number of fused-ring (bicyclic) bond motifs is 1. The molecule has 2 N–H and O–H groups in total. The highest BCUT2D eigenvalue weighted by molar-refractivity contribution is 5.98. The summed E-state index contributed by atoms with van der Waals surface area (Å²) in [4.78, 5) is 28.3. The number of halogens is 3. The van der Waals surface area contributed by atoms with Gasteiger partial charge in [0.05, 0.1) is 17.4 Å². The molecule has 0 saturated carbocycles. The Morgan fingerprint density at radius 2 is 1.65 bits per heavy atom. The van der Waals surface area contributed by atoms with Gasteiger partial charge in [-0.05, 0) is 74.9 Å². The number of aryl methyl sites for hydroxylation is 1. The Kier molecular flexibility index (Phi) is 13.3. The van der Waals surface area contributed by atoms with Crippen LogP contribution in [0.1, 0.15) is 117 Å². The van der Waals surface area contributed by atoms with E-state index in [-0.39, 0.29) is 24.3 Å². The van der Waals surface area contributed by atoms with Crippen LogP contribution in [0.3, 0.4) is 0 Å². The van der Waals surface area contributed by atoms with E-state index in [1.54, 1.807) is 24.9 Å². The third kappa shape index (κ3) is 9.53. The highest BCUT2D eigenvalue weighted by Gasteiger charge is 2.41. The van der Waals surface area contributed by atoms with E-state index in [9.17, 15) is 27.9 Å². The molecule has 1 aromatic heterocycles. The summed E-state index contributed by atoms with van der Waals surface area (Å²) in [6.45, 7) is 16.6. The number of likely N-dealkylation sites (N-methyl/N-ethyl adjacent to an activating group) is 1. The lowest BCUT2D eigenvalue weighted by atomic mass is 9.81. The van der Waals surface area contributed by atoms with E-state index < -0.39 is 17.2 Å². The van der Waals surface area contributed by atoms with E-state index in [1.807, 2.05) is 52.0 Å². The van der Waals surface area contributed by atoms with Gasteiger partial charge in [-0.3, -0.25) is 9.59 Å². The molecule has 1 unspecified atom stereocenters. The number of amides is 1. The average molecular weight is 680 g/mol. The maximum absolute atomic E-state index is 13.6. The number of aromatic nitrogens is 1. The molecule has 2 heterocycles. The average Bonchev–Trinajstić information content (AvgIpc) is 3.38. The molecule has 3 aromatic rings. The zero-order chi connectivity index (χ0) is 36.7. The fraction of sp³-hybridized carbons (Fsp3) is 0.450. The minimum atomic E-state index is -4.40. The van der Waals surface area contributed by atoms with Crippen molar-refractivity contribution in [2.24, 2.45) is 0 Å². The normalized spacial score (nSPS) is 15.2. The van der Waals surface area contributed by atoms with Gasteiger partial charge in [0.25, 0.3) is 5.91 Å². The van der Waals surface area contributed by atoms with Crippen LogP contribution in [0.15, 0.2) is 72.0 Å². The minimum absolute atomic E-state index is 0.0831.